The van der Waals surface area contributed by atoms with Gasteiger partial charge in [-0.1, -0.05) is 12.1 Å². The summed E-state index contributed by atoms with van der Waals surface area (Å²) in [5.41, 5.74) is 6.06. The quantitative estimate of drug-likeness (QED) is 0.679. The van der Waals surface area contributed by atoms with Gasteiger partial charge in [0.15, 0.2) is 5.13 Å². The fourth-order valence-corrected chi connectivity index (χ4v) is 3.02. The first kappa shape index (κ1) is 16.8. The van der Waals surface area contributed by atoms with Gasteiger partial charge >= 0.3 is 0 Å². The lowest BCUT2D eigenvalue weighted by Crippen LogP contribution is -2.23. The molecule has 9 heteroatoms. The van der Waals surface area contributed by atoms with E-state index in [0.29, 0.717) is 21.7 Å². The van der Waals surface area contributed by atoms with Crippen molar-refractivity contribution in [2.24, 2.45) is 5.73 Å². The van der Waals surface area contributed by atoms with Gasteiger partial charge in [0.05, 0.1) is 29.3 Å². The molecule has 3 aromatic rings. The number of rotatable bonds is 6. The molecule has 3 rings (SSSR count). The highest BCUT2D eigenvalue weighted by molar-refractivity contribution is 7.13. The lowest BCUT2D eigenvalue weighted by atomic mass is 10.2. The van der Waals surface area contributed by atoms with Crippen molar-refractivity contribution >= 4 is 39.2 Å². The van der Waals surface area contributed by atoms with Crippen LogP contribution in [0.1, 0.15) is 12.1 Å². The number of benzene rings is 1. The molecule has 0 aliphatic heterocycles. The number of hydrogen-bond donors (Lipinski definition) is 2. The van der Waals surface area contributed by atoms with Crippen molar-refractivity contribution in [1.82, 2.24) is 14.5 Å². The molecule has 0 fully saturated rings. The number of primary amides is 1. The van der Waals surface area contributed by atoms with E-state index >= 15 is 0 Å². The van der Waals surface area contributed by atoms with E-state index < -0.39 is 5.91 Å². The predicted octanol–water partition coefficient (Wildman–Crippen LogP) is 0.910. The summed E-state index contributed by atoms with van der Waals surface area (Å²) >= 11 is 1.21. The number of thiazole rings is 1. The first-order valence-corrected chi connectivity index (χ1v) is 8.37. The highest BCUT2D eigenvalue weighted by Gasteiger charge is 2.10. The zero-order chi connectivity index (χ0) is 17.8. The first-order chi connectivity index (χ1) is 12.0. The van der Waals surface area contributed by atoms with Gasteiger partial charge in [0, 0.05) is 18.3 Å². The average molecular weight is 357 g/mol. The van der Waals surface area contributed by atoms with Gasteiger partial charge in [0.2, 0.25) is 11.8 Å². The van der Waals surface area contributed by atoms with Crippen LogP contribution in [-0.2, 0) is 22.6 Å². The molecule has 0 saturated carbocycles. The number of aromatic nitrogens is 3. The molecule has 0 unspecified atom stereocenters. The molecule has 0 saturated heterocycles. The number of anilines is 1. The number of hydrogen-bond acceptors (Lipinski definition) is 6. The SMILES string of the molecule is NC(=O)Cc1csc(NC(=O)CCn2cnc3ccccc3c2=O)n1. The molecule has 0 aliphatic carbocycles. The molecule has 0 bridgehead atoms. The summed E-state index contributed by atoms with van der Waals surface area (Å²) in [5.74, 6) is -0.758. The van der Waals surface area contributed by atoms with E-state index in [1.807, 2.05) is 6.07 Å². The molecular formula is C16H15N5O3S. The summed E-state index contributed by atoms with van der Waals surface area (Å²) in [6, 6.07) is 7.05. The Kier molecular flexibility index (Phi) is 4.85. The van der Waals surface area contributed by atoms with E-state index in [4.69, 9.17) is 5.73 Å². The van der Waals surface area contributed by atoms with E-state index in [0.717, 1.165) is 0 Å². The standard InChI is InChI=1S/C16H15N5O3S/c17-13(22)7-10-8-25-16(19-10)20-14(23)5-6-21-9-18-12-4-2-1-3-11(12)15(21)24/h1-4,8-9H,5-7H2,(H2,17,22)(H,19,20,23). The zero-order valence-corrected chi connectivity index (χ0v) is 14.0. The normalized spacial score (nSPS) is 10.7. The second-order valence-corrected chi connectivity index (χ2v) is 6.20. The molecular weight excluding hydrogens is 342 g/mol. The highest BCUT2D eigenvalue weighted by atomic mass is 32.1. The average Bonchev–Trinajstić information content (AvgIpc) is 3.00. The molecule has 2 heterocycles. The second kappa shape index (κ2) is 7.22. The topological polar surface area (TPSA) is 120 Å². The van der Waals surface area contributed by atoms with Crippen LogP contribution in [0.25, 0.3) is 10.9 Å². The van der Waals surface area contributed by atoms with Crippen LogP contribution in [0.5, 0.6) is 0 Å². The van der Waals surface area contributed by atoms with E-state index in [1.165, 1.54) is 22.2 Å². The fourth-order valence-electron chi connectivity index (χ4n) is 2.29. The van der Waals surface area contributed by atoms with E-state index in [9.17, 15) is 14.4 Å². The van der Waals surface area contributed by atoms with Gasteiger partial charge in [-0.15, -0.1) is 11.3 Å². The van der Waals surface area contributed by atoms with E-state index in [1.54, 1.807) is 23.6 Å². The van der Waals surface area contributed by atoms with Crippen LogP contribution in [0.15, 0.2) is 40.8 Å². The van der Waals surface area contributed by atoms with Crippen molar-refractivity contribution < 1.29 is 9.59 Å². The van der Waals surface area contributed by atoms with Gasteiger partial charge < -0.3 is 11.1 Å². The number of nitrogens with two attached hydrogens (primary N) is 1. The maximum atomic E-state index is 12.3. The maximum Gasteiger partial charge on any atom is 0.261 e. The van der Waals surface area contributed by atoms with E-state index in [2.05, 4.69) is 15.3 Å². The van der Waals surface area contributed by atoms with Crippen LogP contribution in [0, 0.1) is 0 Å². The minimum Gasteiger partial charge on any atom is -0.369 e. The molecule has 1 aromatic carbocycles. The minimum atomic E-state index is -0.480. The molecule has 0 atom stereocenters. The van der Waals surface area contributed by atoms with Gasteiger partial charge in [0.1, 0.15) is 0 Å². The van der Waals surface area contributed by atoms with Gasteiger partial charge in [-0.3, -0.25) is 19.0 Å². The predicted molar refractivity (Wildman–Crippen MR) is 94.3 cm³/mol. The van der Waals surface area contributed by atoms with Gasteiger partial charge in [-0.25, -0.2) is 9.97 Å². The number of amides is 2. The van der Waals surface area contributed by atoms with Gasteiger partial charge in [-0.2, -0.15) is 0 Å². The Bertz CT molecular complexity index is 995. The Morgan fingerprint density at radius 1 is 1.28 bits per heavy atom. The third-order valence-electron chi connectivity index (χ3n) is 3.46. The van der Waals surface area contributed by atoms with Gasteiger partial charge in [-0.05, 0) is 12.1 Å². The van der Waals surface area contributed by atoms with Crippen LogP contribution >= 0.6 is 11.3 Å². The van der Waals surface area contributed by atoms with Crippen molar-refractivity contribution in [2.45, 2.75) is 19.4 Å². The molecule has 2 amide bonds. The van der Waals surface area contributed by atoms with Crippen LogP contribution in [0.4, 0.5) is 5.13 Å². The Morgan fingerprint density at radius 2 is 2.08 bits per heavy atom. The summed E-state index contributed by atoms with van der Waals surface area (Å²) < 4.78 is 1.41. The Hall–Kier alpha value is -3.07. The fraction of sp³-hybridized carbons (Fsp3) is 0.188. The maximum absolute atomic E-state index is 12.3. The molecule has 8 nitrogen and oxygen atoms in total. The third-order valence-corrected chi connectivity index (χ3v) is 4.27. The summed E-state index contributed by atoms with van der Waals surface area (Å²) in [5, 5.41) is 5.22. The van der Waals surface area contributed by atoms with Crippen molar-refractivity contribution in [1.29, 1.82) is 0 Å². The summed E-state index contributed by atoms with van der Waals surface area (Å²) in [6.07, 6.45) is 1.57. The number of nitrogens with zero attached hydrogens (tertiary/aromatic N) is 3. The number of nitrogens with one attached hydrogen (secondary N) is 1. The third kappa shape index (κ3) is 4.07. The minimum absolute atomic E-state index is 0.0323. The largest absolute Gasteiger partial charge is 0.369 e. The number of fused-ring (bicyclic) bond motifs is 1. The lowest BCUT2D eigenvalue weighted by molar-refractivity contribution is -0.117. The molecule has 128 valence electrons. The molecule has 2 aromatic heterocycles. The van der Waals surface area contributed by atoms with Crippen LogP contribution in [-0.4, -0.2) is 26.3 Å². The molecule has 3 N–H and O–H groups in total. The molecule has 25 heavy (non-hydrogen) atoms. The monoisotopic (exact) mass is 357 g/mol. The van der Waals surface area contributed by atoms with Crippen molar-refractivity contribution in [3.63, 3.8) is 0 Å². The zero-order valence-electron chi connectivity index (χ0n) is 13.1. The van der Waals surface area contributed by atoms with E-state index in [-0.39, 0.29) is 30.9 Å². The van der Waals surface area contributed by atoms with Crippen molar-refractivity contribution in [2.75, 3.05) is 5.32 Å². The molecule has 0 spiro atoms. The van der Waals surface area contributed by atoms with Crippen molar-refractivity contribution in [3.05, 3.63) is 52.0 Å². The number of carbonyl (C=O) groups is 2. The number of aryl methyl sites for hydroxylation is 1. The Balaban J connectivity index is 1.62. The molecule has 0 aliphatic rings. The highest BCUT2D eigenvalue weighted by Crippen LogP contribution is 2.16. The van der Waals surface area contributed by atoms with Gasteiger partial charge in [0.25, 0.3) is 5.56 Å². The summed E-state index contributed by atoms with van der Waals surface area (Å²) in [4.78, 5) is 43.5. The smallest absolute Gasteiger partial charge is 0.261 e. The van der Waals surface area contributed by atoms with Crippen LogP contribution in [0.3, 0.4) is 0 Å². The first-order valence-electron chi connectivity index (χ1n) is 7.49. The van der Waals surface area contributed by atoms with Crippen LogP contribution in [0.2, 0.25) is 0 Å². The summed E-state index contributed by atoms with van der Waals surface area (Å²) in [7, 11) is 0. The Labute approximate surface area is 146 Å². The second-order valence-electron chi connectivity index (χ2n) is 5.35. The van der Waals surface area contributed by atoms with Crippen LogP contribution < -0.4 is 16.6 Å². The number of para-hydroxylation sites is 1. The Morgan fingerprint density at radius 3 is 2.88 bits per heavy atom. The molecule has 0 radical (unpaired) electrons. The number of carbonyl (C=O) groups excluding carboxylic acids is 2. The lowest BCUT2D eigenvalue weighted by Gasteiger charge is -2.06. The summed E-state index contributed by atoms with van der Waals surface area (Å²) in [6.45, 7) is 0.210. The van der Waals surface area contributed by atoms with Crippen molar-refractivity contribution in [3.8, 4) is 0 Å².